The van der Waals surface area contributed by atoms with Crippen molar-refractivity contribution in [3.05, 3.63) is 87.1 Å². The van der Waals surface area contributed by atoms with Crippen molar-refractivity contribution in [2.75, 3.05) is 14.2 Å². The molecule has 0 radical (unpaired) electrons. The molecule has 1 aromatic heterocycles. The summed E-state index contributed by atoms with van der Waals surface area (Å²) < 4.78 is 10.8. The first kappa shape index (κ1) is 24.5. The zero-order chi connectivity index (χ0) is 25.3. The van der Waals surface area contributed by atoms with E-state index in [0.717, 1.165) is 16.0 Å². The van der Waals surface area contributed by atoms with Gasteiger partial charge in [-0.05, 0) is 52.8 Å². The molecule has 1 aliphatic heterocycles. The quantitative estimate of drug-likeness (QED) is 0.273. The van der Waals surface area contributed by atoms with Crippen molar-refractivity contribution in [3.8, 4) is 11.5 Å². The summed E-state index contributed by atoms with van der Waals surface area (Å²) in [5.74, 6) is -0.167. The first-order valence-corrected chi connectivity index (χ1v) is 12.2. The summed E-state index contributed by atoms with van der Waals surface area (Å²) in [4.78, 5) is 28.8. The number of carbonyl (C=O) groups is 2. The number of methoxy groups -OCH3 is 2. The van der Waals surface area contributed by atoms with Gasteiger partial charge in [-0.15, -0.1) is 11.3 Å². The molecule has 1 unspecified atom stereocenters. The highest BCUT2D eigenvalue weighted by Crippen LogP contribution is 2.43. The molecular weight excluding hydrogens is 462 g/mol. The number of amides is 1. The van der Waals surface area contributed by atoms with Crippen LogP contribution in [0.5, 0.6) is 11.5 Å². The molecule has 1 aliphatic rings. The van der Waals surface area contributed by atoms with Crippen LogP contribution in [0.2, 0.25) is 0 Å². The molecule has 6 nitrogen and oxygen atoms in total. The Hall–Kier alpha value is -3.58. The predicted octanol–water partition coefficient (Wildman–Crippen LogP) is 5.68. The lowest BCUT2D eigenvalue weighted by molar-refractivity contribution is -0.140. The van der Waals surface area contributed by atoms with Gasteiger partial charge in [0, 0.05) is 22.5 Å². The van der Waals surface area contributed by atoms with Crippen molar-refractivity contribution in [2.45, 2.75) is 38.8 Å². The minimum absolute atomic E-state index is 0.0883. The van der Waals surface area contributed by atoms with Crippen LogP contribution in [-0.4, -0.2) is 35.9 Å². The molecule has 1 saturated heterocycles. The van der Waals surface area contributed by atoms with Gasteiger partial charge in [0.1, 0.15) is 17.3 Å². The Labute approximate surface area is 209 Å². The molecule has 0 saturated carbocycles. The number of aliphatic hydroxyl groups excluding tert-OH is 1. The second kappa shape index (κ2) is 9.58. The van der Waals surface area contributed by atoms with E-state index in [1.165, 1.54) is 16.2 Å². The normalized spacial score (nSPS) is 17.6. The largest absolute Gasteiger partial charge is 0.507 e. The monoisotopic (exact) mass is 491 g/mol. The average molecular weight is 492 g/mol. The first-order chi connectivity index (χ1) is 16.7. The molecule has 7 heteroatoms. The third kappa shape index (κ3) is 4.68. The number of carbonyl (C=O) groups excluding carboxylic acids is 2. The minimum atomic E-state index is -0.697. The number of hydrogen-bond acceptors (Lipinski definition) is 6. The summed E-state index contributed by atoms with van der Waals surface area (Å²) in [5, 5.41) is 13.3. The van der Waals surface area contributed by atoms with Gasteiger partial charge in [0.25, 0.3) is 11.7 Å². The van der Waals surface area contributed by atoms with Gasteiger partial charge in [-0.1, -0.05) is 39.0 Å². The standard InChI is InChI=1S/C28H29NO5S/c1-28(2,3)20-15-18(11-12-21(20)34-5)25(30)23-24(22-10-7-13-35-22)29(27(32)26(23)31)16-17-8-6-9-19(14-17)33-4/h6-15,24,30H,16H2,1-5H3/b25-23-. The highest BCUT2D eigenvalue weighted by Gasteiger charge is 2.46. The van der Waals surface area contributed by atoms with Crippen LogP contribution in [0.1, 0.15) is 48.4 Å². The molecule has 1 fully saturated rings. The van der Waals surface area contributed by atoms with Gasteiger partial charge in [-0.2, -0.15) is 0 Å². The number of ketones is 1. The van der Waals surface area contributed by atoms with Crippen molar-refractivity contribution in [2.24, 2.45) is 0 Å². The van der Waals surface area contributed by atoms with Gasteiger partial charge in [0.2, 0.25) is 0 Å². The smallest absolute Gasteiger partial charge is 0.295 e. The maximum atomic E-state index is 13.3. The Morgan fingerprint density at radius 1 is 1.03 bits per heavy atom. The van der Waals surface area contributed by atoms with E-state index >= 15 is 0 Å². The Bertz CT molecular complexity index is 1290. The highest BCUT2D eigenvalue weighted by molar-refractivity contribution is 7.10. The SMILES string of the molecule is COc1cccc(CN2C(=O)C(=O)/C(=C(\O)c3ccc(OC)c(C(C)(C)C)c3)C2c2cccs2)c1. The van der Waals surface area contributed by atoms with Crippen molar-refractivity contribution >= 4 is 28.8 Å². The Morgan fingerprint density at radius 3 is 2.43 bits per heavy atom. The zero-order valence-electron chi connectivity index (χ0n) is 20.5. The highest BCUT2D eigenvalue weighted by atomic mass is 32.1. The van der Waals surface area contributed by atoms with Crippen molar-refractivity contribution in [1.82, 2.24) is 4.90 Å². The summed E-state index contributed by atoms with van der Waals surface area (Å²) in [6.45, 7) is 6.35. The summed E-state index contributed by atoms with van der Waals surface area (Å²) in [7, 11) is 3.18. The van der Waals surface area contributed by atoms with E-state index in [1.54, 1.807) is 26.4 Å². The van der Waals surface area contributed by atoms with E-state index in [9.17, 15) is 14.7 Å². The van der Waals surface area contributed by atoms with E-state index in [0.29, 0.717) is 17.1 Å². The number of ether oxygens (including phenoxy) is 2. The maximum absolute atomic E-state index is 13.3. The molecule has 4 rings (SSSR count). The summed E-state index contributed by atoms with van der Waals surface area (Å²) in [6.07, 6.45) is 0. The lowest BCUT2D eigenvalue weighted by Crippen LogP contribution is -2.28. The van der Waals surface area contributed by atoms with Crippen LogP contribution in [0.4, 0.5) is 0 Å². The van der Waals surface area contributed by atoms with E-state index in [4.69, 9.17) is 9.47 Å². The van der Waals surface area contributed by atoms with Crippen molar-refractivity contribution in [3.63, 3.8) is 0 Å². The number of benzene rings is 2. The van der Waals surface area contributed by atoms with Crippen LogP contribution in [0, 0.1) is 0 Å². The van der Waals surface area contributed by atoms with Crippen LogP contribution in [-0.2, 0) is 21.5 Å². The molecule has 35 heavy (non-hydrogen) atoms. The fraction of sp³-hybridized carbons (Fsp3) is 0.286. The van der Waals surface area contributed by atoms with Crippen LogP contribution < -0.4 is 9.47 Å². The molecule has 1 amide bonds. The van der Waals surface area contributed by atoms with Gasteiger partial charge in [0.05, 0.1) is 25.8 Å². The molecule has 182 valence electrons. The molecular formula is C28H29NO5S. The van der Waals surface area contributed by atoms with E-state index in [1.807, 2.05) is 68.6 Å². The molecule has 1 atom stereocenters. The average Bonchev–Trinajstić information content (AvgIpc) is 3.45. The Kier molecular flexibility index (Phi) is 6.72. The van der Waals surface area contributed by atoms with Crippen molar-refractivity contribution in [1.29, 1.82) is 0 Å². The summed E-state index contributed by atoms with van der Waals surface area (Å²) in [6, 6.07) is 15.8. The van der Waals surface area contributed by atoms with Gasteiger partial charge in [-0.3, -0.25) is 9.59 Å². The van der Waals surface area contributed by atoms with Crippen LogP contribution >= 0.6 is 11.3 Å². The second-order valence-electron chi connectivity index (χ2n) is 9.46. The number of likely N-dealkylation sites (tertiary alicyclic amines) is 1. The number of hydrogen-bond donors (Lipinski definition) is 1. The van der Waals surface area contributed by atoms with Gasteiger partial charge < -0.3 is 19.5 Å². The first-order valence-electron chi connectivity index (χ1n) is 11.3. The molecule has 0 spiro atoms. The van der Waals surface area contributed by atoms with Gasteiger partial charge >= 0.3 is 0 Å². The fourth-order valence-corrected chi connectivity index (χ4v) is 5.20. The zero-order valence-corrected chi connectivity index (χ0v) is 21.3. The van der Waals surface area contributed by atoms with Crippen molar-refractivity contribution < 1.29 is 24.2 Å². The van der Waals surface area contributed by atoms with Gasteiger partial charge in [0.15, 0.2) is 0 Å². The number of aliphatic hydroxyl groups is 1. The second-order valence-corrected chi connectivity index (χ2v) is 10.4. The maximum Gasteiger partial charge on any atom is 0.295 e. The molecule has 0 aliphatic carbocycles. The van der Waals surface area contributed by atoms with Gasteiger partial charge in [-0.25, -0.2) is 0 Å². The number of Topliss-reactive ketones (excluding diaryl/α,β-unsaturated/α-hetero) is 1. The van der Waals surface area contributed by atoms with E-state index in [2.05, 4.69) is 0 Å². The van der Waals surface area contributed by atoms with Crippen LogP contribution in [0.3, 0.4) is 0 Å². The minimum Gasteiger partial charge on any atom is -0.507 e. The lowest BCUT2D eigenvalue weighted by atomic mass is 9.84. The van der Waals surface area contributed by atoms with Crippen LogP contribution in [0.15, 0.2) is 65.6 Å². The molecule has 0 bridgehead atoms. The van der Waals surface area contributed by atoms with E-state index in [-0.39, 0.29) is 23.3 Å². The molecule has 3 aromatic rings. The number of thiophene rings is 1. The summed E-state index contributed by atoms with van der Waals surface area (Å²) >= 11 is 1.44. The number of rotatable bonds is 6. The molecule has 2 heterocycles. The number of nitrogens with zero attached hydrogens (tertiary/aromatic N) is 1. The Morgan fingerprint density at radius 2 is 1.80 bits per heavy atom. The molecule has 2 aromatic carbocycles. The Balaban J connectivity index is 1.84. The summed E-state index contributed by atoms with van der Waals surface area (Å²) in [5.41, 5.74) is 2.02. The third-order valence-electron chi connectivity index (χ3n) is 6.12. The third-order valence-corrected chi connectivity index (χ3v) is 7.05. The topological polar surface area (TPSA) is 76.1 Å². The molecule has 1 N–H and O–H groups in total. The lowest BCUT2D eigenvalue weighted by Gasteiger charge is -2.25. The fourth-order valence-electron chi connectivity index (χ4n) is 4.35. The van der Waals surface area contributed by atoms with Crippen LogP contribution in [0.25, 0.3) is 5.76 Å². The predicted molar refractivity (Wildman–Crippen MR) is 137 cm³/mol. The van der Waals surface area contributed by atoms with E-state index < -0.39 is 17.7 Å².